The first kappa shape index (κ1) is 12.7. The van der Waals surface area contributed by atoms with Crippen molar-refractivity contribution in [3.63, 3.8) is 0 Å². The third-order valence-corrected chi connectivity index (χ3v) is 2.17. The van der Waals surface area contributed by atoms with E-state index in [0.717, 1.165) is 11.3 Å². The minimum absolute atomic E-state index is 0.00972. The number of hydrogen-bond donors (Lipinski definition) is 0. The molecule has 0 aliphatic rings. The first-order valence-electron chi connectivity index (χ1n) is 5.53. The molecule has 0 N–H and O–H groups in total. The Bertz CT molecular complexity index is 347. The van der Waals surface area contributed by atoms with Crippen LogP contribution in [0.5, 0.6) is 5.75 Å². The molecule has 1 aromatic carbocycles. The topological polar surface area (TPSA) is 35.5 Å². The average Bonchev–Trinajstić information content (AvgIpc) is 2.26. The van der Waals surface area contributed by atoms with Crippen LogP contribution in [0.2, 0.25) is 0 Å². The minimum Gasteiger partial charge on any atom is -0.494 e. The summed E-state index contributed by atoms with van der Waals surface area (Å²) in [5.74, 6) is 0.779. The second-order valence-corrected chi connectivity index (χ2v) is 3.45. The van der Waals surface area contributed by atoms with Gasteiger partial charge in [0.15, 0.2) is 5.78 Å². The molecule has 88 valence electrons. The molecule has 0 spiro atoms. The van der Waals surface area contributed by atoms with E-state index in [1.54, 1.807) is 0 Å². The SMILES string of the molecule is CCOc1cccc(C(OCC)C(C)=O)c1. The van der Waals surface area contributed by atoms with Gasteiger partial charge in [0.1, 0.15) is 11.9 Å². The van der Waals surface area contributed by atoms with Crippen LogP contribution in [0.3, 0.4) is 0 Å². The van der Waals surface area contributed by atoms with Gasteiger partial charge in [0.2, 0.25) is 0 Å². The number of rotatable bonds is 6. The number of carbonyl (C=O) groups is 1. The third-order valence-electron chi connectivity index (χ3n) is 2.17. The summed E-state index contributed by atoms with van der Waals surface area (Å²) in [6.07, 6.45) is -0.481. The number of ether oxygens (including phenoxy) is 2. The van der Waals surface area contributed by atoms with Gasteiger partial charge in [-0.25, -0.2) is 0 Å². The standard InChI is InChI=1S/C13H18O3/c1-4-15-12-8-6-7-11(9-12)13(10(3)14)16-5-2/h6-9,13H,4-5H2,1-3H3. The smallest absolute Gasteiger partial charge is 0.163 e. The van der Waals surface area contributed by atoms with Gasteiger partial charge in [0.05, 0.1) is 6.61 Å². The zero-order valence-corrected chi connectivity index (χ0v) is 10.0. The van der Waals surface area contributed by atoms with Crippen LogP contribution in [0.1, 0.15) is 32.4 Å². The Morgan fingerprint density at radius 1 is 1.31 bits per heavy atom. The van der Waals surface area contributed by atoms with Gasteiger partial charge in [-0.05, 0) is 38.5 Å². The van der Waals surface area contributed by atoms with E-state index in [2.05, 4.69) is 0 Å². The number of hydrogen-bond acceptors (Lipinski definition) is 3. The lowest BCUT2D eigenvalue weighted by Gasteiger charge is -2.15. The summed E-state index contributed by atoms with van der Waals surface area (Å²) in [4.78, 5) is 11.4. The van der Waals surface area contributed by atoms with Crippen molar-refractivity contribution in [2.45, 2.75) is 26.9 Å². The molecule has 0 radical (unpaired) electrons. The van der Waals surface area contributed by atoms with E-state index >= 15 is 0 Å². The van der Waals surface area contributed by atoms with E-state index in [1.807, 2.05) is 38.1 Å². The van der Waals surface area contributed by atoms with Gasteiger partial charge in [-0.2, -0.15) is 0 Å². The summed E-state index contributed by atoms with van der Waals surface area (Å²) in [6.45, 7) is 6.47. The number of ketones is 1. The molecule has 0 fully saturated rings. The number of carbonyl (C=O) groups excluding carboxylic acids is 1. The van der Waals surface area contributed by atoms with E-state index in [0.29, 0.717) is 13.2 Å². The van der Waals surface area contributed by atoms with Crippen molar-refractivity contribution in [2.24, 2.45) is 0 Å². The predicted molar refractivity (Wildman–Crippen MR) is 62.7 cm³/mol. The van der Waals surface area contributed by atoms with Gasteiger partial charge >= 0.3 is 0 Å². The highest BCUT2D eigenvalue weighted by Crippen LogP contribution is 2.22. The maximum Gasteiger partial charge on any atom is 0.163 e. The van der Waals surface area contributed by atoms with Crippen LogP contribution in [0.4, 0.5) is 0 Å². The molecular formula is C13H18O3. The Balaban J connectivity index is 2.90. The Morgan fingerprint density at radius 3 is 2.62 bits per heavy atom. The fourth-order valence-electron chi connectivity index (χ4n) is 1.55. The van der Waals surface area contributed by atoms with Crippen molar-refractivity contribution in [3.05, 3.63) is 29.8 Å². The van der Waals surface area contributed by atoms with Crippen LogP contribution in [0.25, 0.3) is 0 Å². The third kappa shape index (κ3) is 3.35. The fraction of sp³-hybridized carbons (Fsp3) is 0.462. The van der Waals surface area contributed by atoms with Gasteiger partial charge in [-0.1, -0.05) is 12.1 Å². The molecule has 1 unspecified atom stereocenters. The van der Waals surface area contributed by atoms with Crippen LogP contribution < -0.4 is 4.74 Å². The fourth-order valence-corrected chi connectivity index (χ4v) is 1.55. The van der Waals surface area contributed by atoms with Crippen molar-refractivity contribution < 1.29 is 14.3 Å². The Morgan fingerprint density at radius 2 is 2.06 bits per heavy atom. The monoisotopic (exact) mass is 222 g/mol. The van der Waals surface area contributed by atoms with Crippen molar-refractivity contribution in [3.8, 4) is 5.75 Å². The van der Waals surface area contributed by atoms with E-state index < -0.39 is 6.10 Å². The Labute approximate surface area is 96.4 Å². The molecule has 0 aliphatic heterocycles. The Kier molecular flexibility index (Phi) is 4.99. The lowest BCUT2D eigenvalue weighted by atomic mass is 10.1. The molecule has 0 heterocycles. The lowest BCUT2D eigenvalue weighted by molar-refractivity contribution is -0.128. The van der Waals surface area contributed by atoms with Crippen LogP contribution in [-0.2, 0) is 9.53 Å². The van der Waals surface area contributed by atoms with E-state index in [1.165, 1.54) is 6.92 Å². The second kappa shape index (κ2) is 6.28. The predicted octanol–water partition coefficient (Wildman–Crippen LogP) is 2.75. The molecule has 3 heteroatoms. The highest BCUT2D eigenvalue weighted by Gasteiger charge is 2.16. The summed E-state index contributed by atoms with van der Waals surface area (Å²) in [5, 5.41) is 0. The van der Waals surface area contributed by atoms with Crippen molar-refractivity contribution in [2.75, 3.05) is 13.2 Å². The summed E-state index contributed by atoms with van der Waals surface area (Å²) in [7, 11) is 0. The molecular weight excluding hydrogens is 204 g/mol. The quantitative estimate of drug-likeness (QED) is 0.742. The highest BCUT2D eigenvalue weighted by atomic mass is 16.5. The molecule has 1 rings (SSSR count). The largest absolute Gasteiger partial charge is 0.494 e. The lowest BCUT2D eigenvalue weighted by Crippen LogP contribution is -2.13. The molecule has 0 saturated heterocycles. The molecule has 0 aromatic heterocycles. The summed E-state index contributed by atoms with van der Waals surface area (Å²) >= 11 is 0. The van der Waals surface area contributed by atoms with Crippen LogP contribution in [0.15, 0.2) is 24.3 Å². The van der Waals surface area contributed by atoms with Crippen LogP contribution in [-0.4, -0.2) is 19.0 Å². The maximum atomic E-state index is 11.4. The second-order valence-electron chi connectivity index (χ2n) is 3.45. The van der Waals surface area contributed by atoms with Gasteiger partial charge < -0.3 is 9.47 Å². The molecule has 0 aliphatic carbocycles. The summed E-state index contributed by atoms with van der Waals surface area (Å²) in [5.41, 5.74) is 0.848. The normalized spacial score (nSPS) is 12.2. The molecule has 0 bridgehead atoms. The first-order chi connectivity index (χ1) is 7.69. The highest BCUT2D eigenvalue weighted by molar-refractivity contribution is 5.82. The van der Waals surface area contributed by atoms with Crippen LogP contribution >= 0.6 is 0 Å². The van der Waals surface area contributed by atoms with Gasteiger partial charge in [-0.15, -0.1) is 0 Å². The van der Waals surface area contributed by atoms with Crippen molar-refractivity contribution >= 4 is 5.78 Å². The molecule has 1 atom stereocenters. The van der Waals surface area contributed by atoms with Crippen molar-refractivity contribution in [1.82, 2.24) is 0 Å². The molecule has 0 amide bonds. The maximum absolute atomic E-state index is 11.4. The van der Waals surface area contributed by atoms with E-state index in [4.69, 9.17) is 9.47 Å². The van der Waals surface area contributed by atoms with E-state index in [9.17, 15) is 4.79 Å². The first-order valence-corrected chi connectivity index (χ1v) is 5.53. The van der Waals surface area contributed by atoms with Gasteiger partial charge in [-0.3, -0.25) is 4.79 Å². The number of Topliss-reactive ketones (excluding diaryl/α,β-unsaturated/α-hetero) is 1. The van der Waals surface area contributed by atoms with Gasteiger partial charge in [0.25, 0.3) is 0 Å². The number of benzene rings is 1. The van der Waals surface area contributed by atoms with E-state index in [-0.39, 0.29) is 5.78 Å². The zero-order chi connectivity index (χ0) is 12.0. The van der Waals surface area contributed by atoms with Crippen molar-refractivity contribution in [1.29, 1.82) is 0 Å². The Hall–Kier alpha value is -1.35. The summed E-state index contributed by atoms with van der Waals surface area (Å²) in [6, 6.07) is 7.47. The van der Waals surface area contributed by atoms with Gasteiger partial charge in [0, 0.05) is 6.61 Å². The van der Waals surface area contributed by atoms with Crippen LogP contribution in [0, 0.1) is 0 Å². The minimum atomic E-state index is -0.481. The molecule has 16 heavy (non-hydrogen) atoms. The zero-order valence-electron chi connectivity index (χ0n) is 10.0. The molecule has 1 aromatic rings. The summed E-state index contributed by atoms with van der Waals surface area (Å²) < 4.78 is 10.8. The average molecular weight is 222 g/mol. The molecule has 3 nitrogen and oxygen atoms in total. The molecule has 0 saturated carbocycles.